The van der Waals surface area contributed by atoms with Crippen LogP contribution in [-0.2, 0) is 9.59 Å². The standard InChI is InChI=1S/C26H26ClFN4O4/c1-35-24-11-21-16(26(30-14-29-21)31-15-3-4-20(28)19(27)9-15)10-25(24)36-8-2-7-32-12-17-18(13-32)23(34)6-5-22(17)33/h3-4,9-11,14,17-18H,2,5-8,12-13H2,1H3,(H,29,30,31)/t17-,18+. The van der Waals surface area contributed by atoms with Crippen LogP contribution in [0, 0.1) is 17.7 Å². The molecule has 5 rings (SSSR count). The van der Waals surface area contributed by atoms with Crippen LogP contribution in [0.3, 0.4) is 0 Å². The fraction of sp³-hybridized carbons (Fsp3) is 0.385. The van der Waals surface area contributed by atoms with E-state index in [2.05, 4.69) is 20.2 Å². The Morgan fingerprint density at radius 3 is 2.53 bits per heavy atom. The average molecular weight is 513 g/mol. The van der Waals surface area contributed by atoms with Crippen molar-refractivity contribution in [2.45, 2.75) is 19.3 Å². The van der Waals surface area contributed by atoms with Gasteiger partial charge in [-0.05, 0) is 30.7 Å². The molecule has 0 bridgehead atoms. The van der Waals surface area contributed by atoms with Crippen LogP contribution in [0.1, 0.15) is 19.3 Å². The molecule has 2 atom stereocenters. The van der Waals surface area contributed by atoms with E-state index in [0.717, 1.165) is 13.0 Å². The van der Waals surface area contributed by atoms with Gasteiger partial charge in [0.15, 0.2) is 11.5 Å². The van der Waals surface area contributed by atoms with Gasteiger partial charge < -0.3 is 19.7 Å². The van der Waals surface area contributed by atoms with Crippen molar-refractivity contribution in [3.05, 3.63) is 47.5 Å². The molecule has 36 heavy (non-hydrogen) atoms. The van der Waals surface area contributed by atoms with Gasteiger partial charge in [-0.2, -0.15) is 0 Å². The number of aromatic nitrogens is 2. The Labute approximate surface area is 212 Å². The molecule has 0 radical (unpaired) electrons. The third-order valence-corrected chi connectivity index (χ3v) is 7.11. The Morgan fingerprint density at radius 2 is 1.83 bits per heavy atom. The lowest BCUT2D eigenvalue weighted by atomic mass is 9.80. The van der Waals surface area contributed by atoms with E-state index in [0.29, 0.717) is 66.4 Å². The highest BCUT2D eigenvalue weighted by Gasteiger charge is 2.43. The van der Waals surface area contributed by atoms with Crippen LogP contribution in [-0.4, -0.2) is 59.8 Å². The van der Waals surface area contributed by atoms with Crippen molar-refractivity contribution in [3.63, 3.8) is 0 Å². The van der Waals surface area contributed by atoms with Gasteiger partial charge in [0, 0.05) is 61.5 Å². The Morgan fingerprint density at radius 1 is 1.08 bits per heavy atom. The molecule has 1 aromatic heterocycles. The summed E-state index contributed by atoms with van der Waals surface area (Å²) in [6, 6.07) is 7.93. The fourth-order valence-electron chi connectivity index (χ4n) is 4.95. The van der Waals surface area contributed by atoms with Crippen molar-refractivity contribution in [3.8, 4) is 11.5 Å². The van der Waals surface area contributed by atoms with Gasteiger partial charge in [-0.15, -0.1) is 0 Å². The molecule has 2 aliphatic rings. The molecule has 0 amide bonds. The first-order valence-electron chi connectivity index (χ1n) is 11.9. The van der Waals surface area contributed by atoms with E-state index in [9.17, 15) is 14.0 Å². The molecular weight excluding hydrogens is 487 g/mol. The van der Waals surface area contributed by atoms with Crippen LogP contribution in [0.5, 0.6) is 11.5 Å². The van der Waals surface area contributed by atoms with E-state index >= 15 is 0 Å². The lowest BCUT2D eigenvalue weighted by Crippen LogP contribution is -2.33. The predicted octanol–water partition coefficient (Wildman–Crippen LogP) is 4.42. The molecule has 8 nitrogen and oxygen atoms in total. The molecule has 2 fully saturated rings. The van der Waals surface area contributed by atoms with Gasteiger partial charge in [-0.25, -0.2) is 14.4 Å². The van der Waals surface area contributed by atoms with Gasteiger partial charge in [0.05, 0.1) is 24.3 Å². The number of halogens is 2. The van der Waals surface area contributed by atoms with Crippen molar-refractivity contribution < 1.29 is 23.5 Å². The number of hydrogen-bond donors (Lipinski definition) is 1. The van der Waals surface area contributed by atoms with Crippen LogP contribution in [0.2, 0.25) is 5.02 Å². The predicted molar refractivity (Wildman–Crippen MR) is 134 cm³/mol. The first kappa shape index (κ1) is 24.4. The van der Waals surface area contributed by atoms with Crippen molar-refractivity contribution in [2.24, 2.45) is 11.8 Å². The van der Waals surface area contributed by atoms with Crippen molar-refractivity contribution in [1.82, 2.24) is 14.9 Å². The highest BCUT2D eigenvalue weighted by molar-refractivity contribution is 6.31. The highest BCUT2D eigenvalue weighted by atomic mass is 35.5. The van der Waals surface area contributed by atoms with Crippen molar-refractivity contribution in [1.29, 1.82) is 0 Å². The molecule has 1 saturated heterocycles. The minimum Gasteiger partial charge on any atom is -0.493 e. The maximum Gasteiger partial charge on any atom is 0.162 e. The van der Waals surface area contributed by atoms with Gasteiger partial charge in [-0.1, -0.05) is 11.6 Å². The van der Waals surface area contributed by atoms with E-state index in [-0.39, 0.29) is 28.4 Å². The first-order chi connectivity index (χ1) is 17.4. The maximum absolute atomic E-state index is 13.5. The maximum atomic E-state index is 13.5. The van der Waals surface area contributed by atoms with Gasteiger partial charge >= 0.3 is 0 Å². The number of hydrogen-bond acceptors (Lipinski definition) is 8. The largest absolute Gasteiger partial charge is 0.493 e. The molecule has 188 valence electrons. The zero-order valence-electron chi connectivity index (χ0n) is 19.8. The Hall–Kier alpha value is -3.30. The number of fused-ring (bicyclic) bond motifs is 2. The van der Waals surface area contributed by atoms with E-state index in [1.807, 2.05) is 6.07 Å². The number of carbonyl (C=O) groups excluding carboxylic acids is 2. The Kier molecular flexibility index (Phi) is 7.02. The SMILES string of the molecule is COc1cc2ncnc(Nc3ccc(F)c(Cl)c3)c2cc1OCCCN1C[C@@H]2C(=O)CCC(=O)[C@@H]2C1. The third-order valence-electron chi connectivity index (χ3n) is 6.82. The summed E-state index contributed by atoms with van der Waals surface area (Å²) in [6.07, 6.45) is 2.92. The smallest absolute Gasteiger partial charge is 0.162 e. The van der Waals surface area contributed by atoms with Crippen molar-refractivity contribution in [2.75, 3.05) is 38.7 Å². The molecule has 1 saturated carbocycles. The third kappa shape index (κ3) is 4.99. The number of nitrogens with one attached hydrogen (secondary N) is 1. The van der Waals surface area contributed by atoms with Crippen LogP contribution in [0.25, 0.3) is 10.9 Å². The van der Waals surface area contributed by atoms with Gasteiger partial charge in [0.2, 0.25) is 0 Å². The normalized spacial score (nSPS) is 20.0. The summed E-state index contributed by atoms with van der Waals surface area (Å²) in [5.41, 5.74) is 1.24. The van der Waals surface area contributed by atoms with Crippen LogP contribution in [0.4, 0.5) is 15.9 Å². The number of Topliss-reactive ketones (excluding diaryl/α,β-unsaturated/α-hetero) is 2. The van der Waals surface area contributed by atoms with E-state index in [1.165, 1.54) is 18.5 Å². The summed E-state index contributed by atoms with van der Waals surface area (Å²) in [5, 5.41) is 3.87. The summed E-state index contributed by atoms with van der Waals surface area (Å²) in [4.78, 5) is 35.2. The minimum atomic E-state index is -0.499. The second-order valence-electron chi connectivity index (χ2n) is 9.10. The first-order valence-corrected chi connectivity index (χ1v) is 12.3. The zero-order valence-corrected chi connectivity index (χ0v) is 20.6. The van der Waals surface area contributed by atoms with E-state index in [4.69, 9.17) is 21.1 Å². The molecule has 2 heterocycles. The Bertz CT molecular complexity index is 1300. The summed E-state index contributed by atoms with van der Waals surface area (Å²) >= 11 is 5.91. The monoisotopic (exact) mass is 512 g/mol. The number of benzene rings is 2. The molecule has 1 N–H and O–H groups in total. The molecule has 3 aromatic rings. The molecule has 1 aliphatic carbocycles. The number of ketones is 2. The topological polar surface area (TPSA) is 93.7 Å². The van der Waals surface area contributed by atoms with Crippen LogP contribution >= 0.6 is 11.6 Å². The number of carbonyl (C=O) groups is 2. The average Bonchev–Trinajstić information content (AvgIpc) is 3.32. The molecular formula is C26H26ClFN4O4. The quantitative estimate of drug-likeness (QED) is 0.443. The highest BCUT2D eigenvalue weighted by Crippen LogP contribution is 2.35. The van der Waals surface area contributed by atoms with E-state index < -0.39 is 5.82 Å². The minimum absolute atomic E-state index is 0.00930. The number of ether oxygens (including phenoxy) is 2. The second-order valence-corrected chi connectivity index (χ2v) is 9.51. The zero-order chi connectivity index (χ0) is 25.2. The lowest BCUT2D eigenvalue weighted by Gasteiger charge is -2.20. The fourth-order valence-corrected chi connectivity index (χ4v) is 5.13. The summed E-state index contributed by atoms with van der Waals surface area (Å²) in [5.74, 6) is 1.25. The van der Waals surface area contributed by atoms with Gasteiger partial charge in [0.1, 0.15) is 29.5 Å². The van der Waals surface area contributed by atoms with E-state index in [1.54, 1.807) is 19.2 Å². The molecule has 1 aliphatic heterocycles. The number of likely N-dealkylation sites (tertiary alicyclic amines) is 1. The van der Waals surface area contributed by atoms with Gasteiger partial charge in [-0.3, -0.25) is 9.59 Å². The van der Waals surface area contributed by atoms with Crippen LogP contribution < -0.4 is 14.8 Å². The van der Waals surface area contributed by atoms with Crippen molar-refractivity contribution >= 4 is 45.6 Å². The summed E-state index contributed by atoms with van der Waals surface area (Å²) in [7, 11) is 1.56. The number of anilines is 2. The molecule has 10 heteroatoms. The summed E-state index contributed by atoms with van der Waals surface area (Å²) in [6.45, 7) is 2.47. The number of methoxy groups -OCH3 is 1. The number of rotatable bonds is 8. The molecule has 2 aromatic carbocycles. The molecule has 0 spiro atoms. The summed E-state index contributed by atoms with van der Waals surface area (Å²) < 4.78 is 25.1. The molecule has 0 unspecified atom stereocenters. The lowest BCUT2D eigenvalue weighted by molar-refractivity contribution is -0.135. The van der Waals surface area contributed by atoms with Gasteiger partial charge in [0.25, 0.3) is 0 Å². The number of nitrogens with zero attached hydrogens (tertiary/aromatic N) is 3. The van der Waals surface area contributed by atoms with Crippen LogP contribution in [0.15, 0.2) is 36.7 Å². The second kappa shape index (κ2) is 10.4. The Balaban J connectivity index is 1.26.